The molecule has 1 fully saturated rings. The van der Waals surface area contributed by atoms with E-state index in [1.807, 2.05) is 7.05 Å². The van der Waals surface area contributed by atoms with Gasteiger partial charge in [0.25, 0.3) is 0 Å². The predicted octanol–water partition coefficient (Wildman–Crippen LogP) is 4.55. The monoisotopic (exact) mass is 339 g/mol. The average molecular weight is 340 g/mol. The van der Waals surface area contributed by atoms with Gasteiger partial charge in [-0.15, -0.1) is 0 Å². The molecule has 1 N–H and O–H groups in total. The first kappa shape index (κ1) is 16.0. The number of benzene rings is 1. The summed E-state index contributed by atoms with van der Waals surface area (Å²) in [4.78, 5) is 0. The van der Waals surface area contributed by atoms with Gasteiger partial charge in [0.2, 0.25) is 0 Å². The SMILES string of the molecule is CNCC(OC1CC(C)CC(C)C1)c1ccccc1Br. The molecule has 20 heavy (non-hydrogen) atoms. The van der Waals surface area contributed by atoms with Crippen molar-refractivity contribution in [2.24, 2.45) is 11.8 Å². The fourth-order valence-corrected chi connectivity index (χ4v) is 3.91. The maximum absolute atomic E-state index is 6.45. The van der Waals surface area contributed by atoms with Crippen LogP contribution in [0.25, 0.3) is 0 Å². The van der Waals surface area contributed by atoms with Gasteiger partial charge < -0.3 is 10.1 Å². The molecule has 3 atom stereocenters. The van der Waals surface area contributed by atoms with E-state index in [0.29, 0.717) is 6.10 Å². The molecule has 3 heteroatoms. The van der Waals surface area contributed by atoms with Crippen LogP contribution in [-0.4, -0.2) is 19.7 Å². The van der Waals surface area contributed by atoms with Gasteiger partial charge in [-0.1, -0.05) is 48.0 Å². The minimum atomic E-state index is 0.123. The number of rotatable bonds is 5. The molecule has 0 aromatic heterocycles. The van der Waals surface area contributed by atoms with Crippen LogP contribution in [0.3, 0.4) is 0 Å². The molecule has 2 nitrogen and oxygen atoms in total. The van der Waals surface area contributed by atoms with Crippen molar-refractivity contribution in [3.63, 3.8) is 0 Å². The molecular formula is C17H26BrNO. The smallest absolute Gasteiger partial charge is 0.0963 e. The standard InChI is InChI=1S/C17H26BrNO/c1-12-8-13(2)10-14(9-12)20-17(11-19-3)15-6-4-5-7-16(15)18/h4-7,12-14,17,19H,8-11H2,1-3H3. The topological polar surface area (TPSA) is 21.3 Å². The van der Waals surface area contributed by atoms with Gasteiger partial charge >= 0.3 is 0 Å². The number of hydrogen-bond donors (Lipinski definition) is 1. The molecule has 0 saturated heterocycles. The Bertz CT molecular complexity index is 413. The molecule has 1 aliphatic carbocycles. The summed E-state index contributed by atoms with van der Waals surface area (Å²) >= 11 is 3.65. The molecule has 1 aromatic rings. The molecule has 1 aliphatic rings. The van der Waals surface area contributed by atoms with Crippen LogP contribution in [0.1, 0.15) is 44.8 Å². The molecule has 0 amide bonds. The Morgan fingerprint density at radius 2 is 1.85 bits per heavy atom. The zero-order valence-corrected chi connectivity index (χ0v) is 14.3. The summed E-state index contributed by atoms with van der Waals surface area (Å²) in [5.74, 6) is 1.55. The lowest BCUT2D eigenvalue weighted by atomic mass is 9.81. The van der Waals surface area contributed by atoms with E-state index < -0.39 is 0 Å². The molecule has 0 spiro atoms. The first-order valence-electron chi connectivity index (χ1n) is 7.64. The van der Waals surface area contributed by atoms with E-state index in [0.717, 1.165) is 22.9 Å². The summed E-state index contributed by atoms with van der Waals surface area (Å²) in [6.45, 7) is 5.54. The Morgan fingerprint density at radius 1 is 1.20 bits per heavy atom. The fourth-order valence-electron chi connectivity index (χ4n) is 3.37. The van der Waals surface area contributed by atoms with E-state index >= 15 is 0 Å². The largest absolute Gasteiger partial charge is 0.369 e. The van der Waals surface area contributed by atoms with Gasteiger partial charge in [0.1, 0.15) is 0 Å². The van der Waals surface area contributed by atoms with Crippen molar-refractivity contribution in [2.45, 2.75) is 45.3 Å². The maximum Gasteiger partial charge on any atom is 0.0963 e. The Balaban J connectivity index is 2.07. The second-order valence-electron chi connectivity index (χ2n) is 6.24. The number of nitrogens with one attached hydrogen (secondary N) is 1. The molecule has 2 rings (SSSR count). The Kier molecular flexibility index (Phi) is 6.06. The van der Waals surface area contributed by atoms with Crippen LogP contribution < -0.4 is 5.32 Å². The van der Waals surface area contributed by atoms with Crippen molar-refractivity contribution >= 4 is 15.9 Å². The fraction of sp³-hybridized carbons (Fsp3) is 0.647. The first-order valence-corrected chi connectivity index (χ1v) is 8.44. The third kappa shape index (κ3) is 4.31. The zero-order valence-electron chi connectivity index (χ0n) is 12.7. The van der Waals surface area contributed by atoms with Gasteiger partial charge in [0, 0.05) is 11.0 Å². The van der Waals surface area contributed by atoms with Crippen LogP contribution in [0.2, 0.25) is 0 Å². The minimum absolute atomic E-state index is 0.123. The minimum Gasteiger partial charge on any atom is -0.369 e. The van der Waals surface area contributed by atoms with Crippen LogP contribution in [-0.2, 0) is 4.74 Å². The summed E-state index contributed by atoms with van der Waals surface area (Å²) in [6, 6.07) is 8.38. The number of halogens is 1. The van der Waals surface area contributed by atoms with E-state index in [-0.39, 0.29) is 6.10 Å². The van der Waals surface area contributed by atoms with Crippen LogP contribution >= 0.6 is 15.9 Å². The Morgan fingerprint density at radius 3 is 2.45 bits per heavy atom. The second-order valence-corrected chi connectivity index (χ2v) is 7.10. The molecular weight excluding hydrogens is 314 g/mol. The van der Waals surface area contributed by atoms with E-state index in [1.165, 1.54) is 24.8 Å². The third-order valence-electron chi connectivity index (χ3n) is 4.13. The van der Waals surface area contributed by atoms with Crippen molar-refractivity contribution in [3.05, 3.63) is 34.3 Å². The van der Waals surface area contributed by atoms with Gasteiger partial charge in [-0.2, -0.15) is 0 Å². The van der Waals surface area contributed by atoms with E-state index in [1.54, 1.807) is 0 Å². The lowest BCUT2D eigenvalue weighted by Gasteiger charge is -2.34. The van der Waals surface area contributed by atoms with Crippen LogP contribution in [0.4, 0.5) is 0 Å². The van der Waals surface area contributed by atoms with Gasteiger partial charge in [-0.05, 0) is 49.8 Å². The molecule has 1 aromatic carbocycles. The summed E-state index contributed by atoms with van der Waals surface area (Å²) in [6.07, 6.45) is 4.23. The average Bonchev–Trinajstić information content (AvgIpc) is 2.37. The number of hydrogen-bond acceptors (Lipinski definition) is 2. The molecule has 0 aliphatic heterocycles. The molecule has 1 saturated carbocycles. The second kappa shape index (κ2) is 7.58. The summed E-state index contributed by atoms with van der Waals surface area (Å²) < 4.78 is 7.58. The third-order valence-corrected chi connectivity index (χ3v) is 4.86. The highest BCUT2D eigenvalue weighted by Crippen LogP contribution is 2.34. The first-order chi connectivity index (χ1) is 9.60. The van der Waals surface area contributed by atoms with Gasteiger partial charge in [0.05, 0.1) is 12.2 Å². The lowest BCUT2D eigenvalue weighted by Crippen LogP contribution is -2.30. The molecule has 0 radical (unpaired) electrons. The van der Waals surface area contributed by atoms with Crippen molar-refractivity contribution in [3.8, 4) is 0 Å². The number of ether oxygens (including phenoxy) is 1. The normalized spacial score (nSPS) is 28.3. The Hall–Kier alpha value is -0.380. The van der Waals surface area contributed by atoms with Crippen molar-refractivity contribution < 1.29 is 4.74 Å². The van der Waals surface area contributed by atoms with Crippen molar-refractivity contribution in [2.75, 3.05) is 13.6 Å². The molecule has 3 unspecified atom stereocenters. The van der Waals surface area contributed by atoms with Gasteiger partial charge in [-0.3, -0.25) is 0 Å². The number of likely N-dealkylation sites (N-methyl/N-ethyl adjacent to an activating group) is 1. The van der Waals surface area contributed by atoms with Gasteiger partial charge in [0.15, 0.2) is 0 Å². The van der Waals surface area contributed by atoms with Crippen LogP contribution in [0.15, 0.2) is 28.7 Å². The van der Waals surface area contributed by atoms with E-state index in [2.05, 4.69) is 59.4 Å². The maximum atomic E-state index is 6.45. The van der Waals surface area contributed by atoms with Crippen molar-refractivity contribution in [1.29, 1.82) is 0 Å². The van der Waals surface area contributed by atoms with E-state index in [4.69, 9.17) is 4.74 Å². The molecule has 0 heterocycles. The summed E-state index contributed by atoms with van der Waals surface area (Å²) in [7, 11) is 1.99. The predicted molar refractivity (Wildman–Crippen MR) is 87.9 cm³/mol. The van der Waals surface area contributed by atoms with E-state index in [9.17, 15) is 0 Å². The highest BCUT2D eigenvalue weighted by atomic mass is 79.9. The highest BCUT2D eigenvalue weighted by Gasteiger charge is 2.27. The molecule has 0 bridgehead atoms. The summed E-state index contributed by atoms with van der Waals surface area (Å²) in [5, 5.41) is 3.26. The summed E-state index contributed by atoms with van der Waals surface area (Å²) in [5.41, 5.74) is 1.24. The van der Waals surface area contributed by atoms with Crippen LogP contribution in [0, 0.1) is 11.8 Å². The van der Waals surface area contributed by atoms with Crippen LogP contribution in [0.5, 0.6) is 0 Å². The lowest BCUT2D eigenvalue weighted by molar-refractivity contribution is -0.0493. The quantitative estimate of drug-likeness (QED) is 0.849. The highest BCUT2D eigenvalue weighted by molar-refractivity contribution is 9.10. The molecule has 112 valence electrons. The van der Waals surface area contributed by atoms with Crippen molar-refractivity contribution in [1.82, 2.24) is 5.32 Å². The van der Waals surface area contributed by atoms with Gasteiger partial charge in [-0.25, -0.2) is 0 Å². The zero-order chi connectivity index (χ0) is 14.5. The Labute approximate surface area is 131 Å².